The Morgan fingerprint density at radius 1 is 1.19 bits per heavy atom. The summed E-state index contributed by atoms with van der Waals surface area (Å²) in [5.41, 5.74) is 6.43. The quantitative estimate of drug-likeness (QED) is 0.719. The molecule has 2 aromatic rings. The third-order valence-corrected chi connectivity index (χ3v) is 6.55. The van der Waals surface area contributed by atoms with Gasteiger partial charge in [0.25, 0.3) is 5.91 Å². The van der Waals surface area contributed by atoms with E-state index in [0.29, 0.717) is 31.5 Å². The molecule has 166 valence electrons. The fourth-order valence-electron chi connectivity index (χ4n) is 4.47. The minimum absolute atomic E-state index is 0.0637. The minimum atomic E-state index is -0.390. The van der Waals surface area contributed by atoms with Crippen LogP contribution in [0.1, 0.15) is 51.9 Å². The molecule has 2 aliphatic rings. The molecule has 0 radical (unpaired) electrons. The number of allylic oxidation sites excluding steroid dienone is 1. The molecule has 3 amide bonds. The van der Waals surface area contributed by atoms with Gasteiger partial charge in [-0.05, 0) is 67.1 Å². The van der Waals surface area contributed by atoms with Crippen molar-refractivity contribution in [3.05, 3.63) is 76.4 Å². The molecule has 0 spiro atoms. The molecule has 0 saturated heterocycles. The van der Waals surface area contributed by atoms with Gasteiger partial charge >= 0.3 is 6.03 Å². The Bertz CT molecular complexity index is 1120. The predicted molar refractivity (Wildman–Crippen MR) is 125 cm³/mol. The van der Waals surface area contributed by atoms with Crippen molar-refractivity contribution in [2.24, 2.45) is 0 Å². The first-order valence-electron chi connectivity index (χ1n) is 10.9. The van der Waals surface area contributed by atoms with Gasteiger partial charge in [-0.15, -0.1) is 0 Å². The second-order valence-electron chi connectivity index (χ2n) is 8.91. The maximum Gasteiger partial charge on any atom is 0.321 e. The van der Waals surface area contributed by atoms with Crippen LogP contribution in [0.25, 0.3) is 0 Å². The molecule has 1 heterocycles. The van der Waals surface area contributed by atoms with Gasteiger partial charge in [0.15, 0.2) is 5.78 Å². The normalized spacial score (nSPS) is 18.0. The van der Waals surface area contributed by atoms with Gasteiger partial charge in [0.2, 0.25) is 0 Å². The first-order chi connectivity index (χ1) is 15.2. The average molecular weight is 432 g/mol. The number of urea groups is 1. The maximum absolute atomic E-state index is 13.1. The second-order valence-corrected chi connectivity index (χ2v) is 8.91. The highest BCUT2D eigenvalue weighted by Gasteiger charge is 2.38. The summed E-state index contributed by atoms with van der Waals surface area (Å²) in [4.78, 5) is 41.6. The van der Waals surface area contributed by atoms with Crippen LogP contribution in [0.2, 0.25) is 0 Å². The fourth-order valence-corrected chi connectivity index (χ4v) is 4.47. The molecule has 1 fully saturated rings. The standard InChI is InChI=1S/C26H29N3O3/c1-16-8-11-23(24(30)12-16)29-15-22-19(6-5-7-21(22)25(29)31)14-28(4)26(32)27-20-10-9-17(2)18(3)13-20/h5-7,9-10,13,23H,1,8,11-12,14-15H2,2-4H3,(H,27,32). The van der Waals surface area contributed by atoms with E-state index in [-0.39, 0.29) is 23.8 Å². The van der Waals surface area contributed by atoms with Crippen LogP contribution in [0, 0.1) is 13.8 Å². The number of Topliss-reactive ketones (excluding diaryl/α,β-unsaturated/α-hetero) is 1. The monoisotopic (exact) mass is 431 g/mol. The average Bonchev–Trinajstić information content (AvgIpc) is 3.08. The maximum atomic E-state index is 13.1. The molecule has 4 rings (SSSR count). The molecule has 1 aliphatic heterocycles. The number of ketones is 1. The van der Waals surface area contributed by atoms with E-state index < -0.39 is 0 Å². The van der Waals surface area contributed by atoms with Crippen LogP contribution in [0.4, 0.5) is 10.5 Å². The lowest BCUT2D eigenvalue weighted by Crippen LogP contribution is -2.43. The Balaban J connectivity index is 1.48. The molecule has 1 saturated carbocycles. The first kappa shape index (κ1) is 21.8. The highest BCUT2D eigenvalue weighted by molar-refractivity contribution is 6.02. The molecule has 1 unspecified atom stereocenters. The molecule has 0 bridgehead atoms. The lowest BCUT2D eigenvalue weighted by Gasteiger charge is -2.30. The number of anilines is 1. The summed E-state index contributed by atoms with van der Waals surface area (Å²) in [6.45, 7) is 8.74. The van der Waals surface area contributed by atoms with Crippen molar-refractivity contribution < 1.29 is 14.4 Å². The largest absolute Gasteiger partial charge is 0.324 e. The van der Waals surface area contributed by atoms with Gasteiger partial charge in [0.05, 0.1) is 6.04 Å². The van der Waals surface area contributed by atoms with E-state index in [0.717, 1.165) is 34.4 Å². The zero-order valence-electron chi connectivity index (χ0n) is 18.9. The molecule has 32 heavy (non-hydrogen) atoms. The number of hydrogen-bond donors (Lipinski definition) is 1. The van der Waals surface area contributed by atoms with Crippen molar-refractivity contribution in [3.63, 3.8) is 0 Å². The second kappa shape index (κ2) is 8.61. The number of amides is 3. The van der Waals surface area contributed by atoms with Crippen molar-refractivity contribution >= 4 is 23.4 Å². The van der Waals surface area contributed by atoms with Crippen LogP contribution in [0.5, 0.6) is 0 Å². The molecule has 0 aromatic heterocycles. The van der Waals surface area contributed by atoms with Crippen LogP contribution in [-0.4, -0.2) is 40.6 Å². The number of nitrogens with zero attached hydrogens (tertiary/aromatic N) is 2. The molecule has 1 N–H and O–H groups in total. The van der Waals surface area contributed by atoms with E-state index in [9.17, 15) is 14.4 Å². The number of nitrogens with one attached hydrogen (secondary N) is 1. The summed E-state index contributed by atoms with van der Waals surface area (Å²) < 4.78 is 0. The summed E-state index contributed by atoms with van der Waals surface area (Å²) in [7, 11) is 1.74. The Morgan fingerprint density at radius 3 is 2.69 bits per heavy atom. The summed E-state index contributed by atoms with van der Waals surface area (Å²) in [5, 5.41) is 2.93. The Kier molecular flexibility index (Phi) is 5.87. The van der Waals surface area contributed by atoms with E-state index >= 15 is 0 Å². The van der Waals surface area contributed by atoms with Crippen molar-refractivity contribution in [1.29, 1.82) is 0 Å². The van der Waals surface area contributed by atoms with E-state index in [2.05, 4.69) is 11.9 Å². The lowest BCUT2D eigenvalue weighted by molar-refractivity contribution is -0.124. The fraction of sp³-hybridized carbons (Fsp3) is 0.346. The first-order valence-corrected chi connectivity index (χ1v) is 10.9. The summed E-state index contributed by atoms with van der Waals surface area (Å²) in [6.07, 6.45) is 1.74. The van der Waals surface area contributed by atoms with Crippen molar-refractivity contribution in [3.8, 4) is 0 Å². The van der Waals surface area contributed by atoms with E-state index in [1.165, 1.54) is 5.56 Å². The number of carbonyl (C=O) groups excluding carboxylic acids is 3. The molecular formula is C26H29N3O3. The number of rotatable bonds is 4. The third kappa shape index (κ3) is 4.17. The van der Waals surface area contributed by atoms with Gasteiger partial charge in [-0.25, -0.2) is 4.79 Å². The highest BCUT2D eigenvalue weighted by atomic mass is 16.2. The third-order valence-electron chi connectivity index (χ3n) is 6.55. The number of aryl methyl sites for hydroxylation is 2. The van der Waals surface area contributed by atoms with Gasteiger partial charge in [0, 0.05) is 37.8 Å². The molecule has 6 heteroatoms. The van der Waals surface area contributed by atoms with Crippen molar-refractivity contribution in [2.75, 3.05) is 12.4 Å². The van der Waals surface area contributed by atoms with E-state index in [1.807, 2.05) is 50.2 Å². The minimum Gasteiger partial charge on any atom is -0.324 e. The number of benzene rings is 2. The summed E-state index contributed by atoms with van der Waals surface area (Å²) in [6, 6.07) is 10.8. The lowest BCUT2D eigenvalue weighted by atomic mass is 9.89. The van der Waals surface area contributed by atoms with Gasteiger partial charge < -0.3 is 15.1 Å². The number of fused-ring (bicyclic) bond motifs is 1. The summed E-state index contributed by atoms with van der Waals surface area (Å²) >= 11 is 0. The Morgan fingerprint density at radius 2 is 1.97 bits per heavy atom. The zero-order valence-corrected chi connectivity index (χ0v) is 18.9. The molecule has 6 nitrogen and oxygen atoms in total. The van der Waals surface area contributed by atoms with Crippen LogP contribution < -0.4 is 5.32 Å². The Hall–Kier alpha value is -3.41. The van der Waals surface area contributed by atoms with Gasteiger partial charge in [-0.1, -0.05) is 30.4 Å². The van der Waals surface area contributed by atoms with E-state index in [4.69, 9.17) is 0 Å². The number of hydrogen-bond acceptors (Lipinski definition) is 3. The number of carbonyl (C=O) groups is 3. The van der Waals surface area contributed by atoms with E-state index in [1.54, 1.807) is 16.8 Å². The highest BCUT2D eigenvalue weighted by Crippen LogP contribution is 2.32. The van der Waals surface area contributed by atoms with Crippen molar-refractivity contribution in [2.45, 2.75) is 52.2 Å². The SMILES string of the molecule is C=C1CCC(N2Cc3c(CN(C)C(=O)Nc4ccc(C)c(C)c4)cccc3C2=O)C(=O)C1. The molecule has 1 atom stereocenters. The van der Waals surface area contributed by atoms with Crippen LogP contribution >= 0.6 is 0 Å². The summed E-state index contributed by atoms with van der Waals surface area (Å²) in [5.74, 6) is -0.0382. The van der Waals surface area contributed by atoms with Crippen LogP contribution in [-0.2, 0) is 17.9 Å². The van der Waals surface area contributed by atoms with Crippen LogP contribution in [0.15, 0.2) is 48.6 Å². The Labute approximate surface area is 188 Å². The smallest absolute Gasteiger partial charge is 0.321 e. The van der Waals surface area contributed by atoms with Crippen LogP contribution in [0.3, 0.4) is 0 Å². The van der Waals surface area contributed by atoms with Gasteiger partial charge in [-0.3, -0.25) is 9.59 Å². The van der Waals surface area contributed by atoms with Crippen molar-refractivity contribution in [1.82, 2.24) is 9.80 Å². The molecule has 1 aliphatic carbocycles. The molecular weight excluding hydrogens is 402 g/mol. The molecule has 2 aromatic carbocycles. The predicted octanol–water partition coefficient (Wildman–Crippen LogP) is 4.60. The zero-order chi connectivity index (χ0) is 23.0. The van der Waals surface area contributed by atoms with Gasteiger partial charge in [-0.2, -0.15) is 0 Å². The topological polar surface area (TPSA) is 69.7 Å². The van der Waals surface area contributed by atoms with Gasteiger partial charge in [0.1, 0.15) is 0 Å².